The Balaban J connectivity index is 1.89. The first-order valence-electron chi connectivity index (χ1n) is 8.36. The largest absolute Gasteiger partial charge is 0.374 e. The SMILES string of the molecule is CN(c1ccc(NCc2ccccn2)c([N+](=O)[O-])c1)S(=O)(=O)c1ccccc1. The summed E-state index contributed by atoms with van der Waals surface area (Å²) in [6.45, 7) is 0.305. The molecule has 9 heteroatoms. The number of nitrogens with one attached hydrogen (secondary N) is 1. The van der Waals surface area contributed by atoms with Gasteiger partial charge in [0.15, 0.2) is 0 Å². The topological polar surface area (TPSA) is 105 Å². The van der Waals surface area contributed by atoms with Crippen molar-refractivity contribution in [3.63, 3.8) is 0 Å². The molecule has 0 fully saturated rings. The van der Waals surface area contributed by atoms with E-state index in [1.807, 2.05) is 6.07 Å². The second-order valence-electron chi connectivity index (χ2n) is 5.92. The number of benzene rings is 2. The van der Waals surface area contributed by atoms with Gasteiger partial charge >= 0.3 is 0 Å². The highest BCUT2D eigenvalue weighted by atomic mass is 32.2. The molecule has 1 N–H and O–H groups in total. The Morgan fingerprint density at radius 2 is 1.79 bits per heavy atom. The fourth-order valence-electron chi connectivity index (χ4n) is 2.59. The van der Waals surface area contributed by atoms with Gasteiger partial charge in [-0.25, -0.2) is 8.42 Å². The van der Waals surface area contributed by atoms with Crippen LogP contribution in [0.15, 0.2) is 77.8 Å². The summed E-state index contributed by atoms with van der Waals surface area (Å²) in [5.41, 5.74) is 0.983. The molecule has 28 heavy (non-hydrogen) atoms. The van der Waals surface area contributed by atoms with Gasteiger partial charge in [0.05, 0.1) is 27.7 Å². The number of rotatable bonds is 7. The zero-order valence-electron chi connectivity index (χ0n) is 15.0. The van der Waals surface area contributed by atoms with Crippen molar-refractivity contribution in [1.82, 2.24) is 4.98 Å². The van der Waals surface area contributed by atoms with Gasteiger partial charge in [0.1, 0.15) is 5.69 Å². The number of hydrogen-bond donors (Lipinski definition) is 1. The predicted molar refractivity (Wildman–Crippen MR) is 107 cm³/mol. The Labute approximate surface area is 162 Å². The van der Waals surface area contributed by atoms with Crippen LogP contribution in [0.3, 0.4) is 0 Å². The first-order valence-corrected chi connectivity index (χ1v) is 9.80. The lowest BCUT2D eigenvalue weighted by atomic mass is 10.2. The summed E-state index contributed by atoms with van der Waals surface area (Å²) in [7, 11) is -2.46. The molecular weight excluding hydrogens is 380 g/mol. The summed E-state index contributed by atoms with van der Waals surface area (Å²) in [6, 6.07) is 17.6. The van der Waals surface area contributed by atoms with E-state index in [0.29, 0.717) is 6.54 Å². The summed E-state index contributed by atoms with van der Waals surface area (Å²) >= 11 is 0. The van der Waals surface area contributed by atoms with Crippen LogP contribution in [0.1, 0.15) is 5.69 Å². The number of nitro groups is 1. The van der Waals surface area contributed by atoms with Crippen molar-refractivity contribution in [3.05, 3.63) is 88.7 Å². The van der Waals surface area contributed by atoms with Gasteiger partial charge in [0.2, 0.25) is 0 Å². The minimum atomic E-state index is -3.82. The third-order valence-electron chi connectivity index (χ3n) is 4.13. The molecular formula is C19H18N4O4S. The molecule has 3 rings (SSSR count). The van der Waals surface area contributed by atoms with Crippen LogP contribution in [-0.4, -0.2) is 25.4 Å². The standard InChI is InChI=1S/C19H18N4O4S/c1-22(28(26,27)17-8-3-2-4-9-17)16-10-11-18(19(13-16)23(24)25)21-14-15-7-5-6-12-20-15/h2-13,21H,14H2,1H3. The first-order chi connectivity index (χ1) is 13.4. The Morgan fingerprint density at radius 1 is 1.07 bits per heavy atom. The zero-order chi connectivity index (χ0) is 20.1. The molecule has 0 saturated carbocycles. The van der Waals surface area contributed by atoms with Gasteiger partial charge in [0, 0.05) is 19.3 Å². The molecule has 0 saturated heterocycles. The molecule has 0 bridgehead atoms. The average molecular weight is 398 g/mol. The highest BCUT2D eigenvalue weighted by Gasteiger charge is 2.24. The Morgan fingerprint density at radius 3 is 2.43 bits per heavy atom. The molecule has 1 heterocycles. The predicted octanol–water partition coefficient (Wildman–Crippen LogP) is 3.43. The zero-order valence-corrected chi connectivity index (χ0v) is 15.8. The van der Waals surface area contributed by atoms with E-state index >= 15 is 0 Å². The fraction of sp³-hybridized carbons (Fsp3) is 0.105. The minimum absolute atomic E-state index is 0.109. The molecule has 0 aliphatic rings. The Kier molecular flexibility index (Phi) is 5.55. The first kappa shape index (κ1) is 19.3. The summed E-state index contributed by atoms with van der Waals surface area (Å²) in [5, 5.41) is 14.5. The van der Waals surface area contributed by atoms with Crippen LogP contribution in [-0.2, 0) is 16.6 Å². The number of anilines is 2. The molecule has 0 atom stereocenters. The van der Waals surface area contributed by atoms with E-state index in [1.165, 1.54) is 37.4 Å². The molecule has 0 spiro atoms. The highest BCUT2D eigenvalue weighted by molar-refractivity contribution is 7.92. The second-order valence-corrected chi connectivity index (χ2v) is 7.89. The lowest BCUT2D eigenvalue weighted by Crippen LogP contribution is -2.26. The molecule has 8 nitrogen and oxygen atoms in total. The van der Waals surface area contributed by atoms with Gasteiger partial charge in [-0.3, -0.25) is 19.4 Å². The van der Waals surface area contributed by atoms with Gasteiger partial charge < -0.3 is 5.32 Å². The molecule has 3 aromatic rings. The molecule has 1 aromatic heterocycles. The molecule has 2 aromatic carbocycles. The van der Waals surface area contributed by atoms with Crippen LogP contribution in [0.4, 0.5) is 17.1 Å². The number of sulfonamides is 1. The third-order valence-corrected chi connectivity index (χ3v) is 5.93. The monoisotopic (exact) mass is 398 g/mol. The van der Waals surface area contributed by atoms with E-state index in [1.54, 1.807) is 36.5 Å². The van der Waals surface area contributed by atoms with Crippen molar-refractivity contribution in [3.8, 4) is 0 Å². The Hall–Kier alpha value is -3.46. The number of nitro benzene ring substituents is 1. The van der Waals surface area contributed by atoms with E-state index in [4.69, 9.17) is 0 Å². The lowest BCUT2D eigenvalue weighted by molar-refractivity contribution is -0.383. The van der Waals surface area contributed by atoms with Gasteiger partial charge in [-0.1, -0.05) is 24.3 Å². The number of nitrogens with zero attached hydrogens (tertiary/aromatic N) is 3. The minimum Gasteiger partial charge on any atom is -0.374 e. The van der Waals surface area contributed by atoms with Crippen LogP contribution < -0.4 is 9.62 Å². The second kappa shape index (κ2) is 8.05. The molecule has 0 aliphatic heterocycles. The van der Waals surface area contributed by atoms with E-state index in [0.717, 1.165) is 10.00 Å². The summed E-state index contributed by atoms with van der Waals surface area (Å²) < 4.78 is 26.5. The van der Waals surface area contributed by atoms with Gasteiger partial charge in [0.25, 0.3) is 15.7 Å². The van der Waals surface area contributed by atoms with E-state index in [2.05, 4.69) is 10.3 Å². The normalized spacial score (nSPS) is 11.0. The van der Waals surface area contributed by atoms with Crippen LogP contribution >= 0.6 is 0 Å². The fourth-order valence-corrected chi connectivity index (χ4v) is 3.80. The smallest absolute Gasteiger partial charge is 0.294 e. The molecule has 0 amide bonds. The van der Waals surface area contributed by atoms with Gasteiger partial charge in [-0.15, -0.1) is 0 Å². The van der Waals surface area contributed by atoms with Crippen molar-refractivity contribution in [1.29, 1.82) is 0 Å². The maximum Gasteiger partial charge on any atom is 0.294 e. The summed E-state index contributed by atoms with van der Waals surface area (Å²) in [5.74, 6) is 0. The van der Waals surface area contributed by atoms with Crippen molar-refractivity contribution in [2.24, 2.45) is 0 Å². The average Bonchev–Trinajstić information content (AvgIpc) is 2.73. The van der Waals surface area contributed by atoms with Crippen LogP contribution in [0.25, 0.3) is 0 Å². The summed E-state index contributed by atoms with van der Waals surface area (Å²) in [4.78, 5) is 15.2. The number of aromatic nitrogens is 1. The maximum absolute atomic E-state index is 12.7. The van der Waals surface area contributed by atoms with E-state index < -0.39 is 14.9 Å². The van der Waals surface area contributed by atoms with Crippen molar-refractivity contribution in [2.45, 2.75) is 11.4 Å². The molecule has 144 valence electrons. The van der Waals surface area contributed by atoms with Crippen molar-refractivity contribution >= 4 is 27.1 Å². The van der Waals surface area contributed by atoms with E-state index in [-0.39, 0.29) is 22.0 Å². The summed E-state index contributed by atoms with van der Waals surface area (Å²) in [6.07, 6.45) is 1.64. The van der Waals surface area contributed by atoms with Gasteiger partial charge in [-0.2, -0.15) is 0 Å². The van der Waals surface area contributed by atoms with Crippen LogP contribution in [0.2, 0.25) is 0 Å². The third kappa shape index (κ3) is 4.09. The van der Waals surface area contributed by atoms with Crippen LogP contribution in [0.5, 0.6) is 0 Å². The molecule has 0 aliphatic carbocycles. The van der Waals surface area contributed by atoms with Gasteiger partial charge in [-0.05, 0) is 36.4 Å². The lowest BCUT2D eigenvalue weighted by Gasteiger charge is -2.20. The molecule has 0 unspecified atom stereocenters. The molecule has 0 radical (unpaired) electrons. The van der Waals surface area contributed by atoms with Crippen molar-refractivity contribution < 1.29 is 13.3 Å². The number of pyridine rings is 1. The van der Waals surface area contributed by atoms with Crippen molar-refractivity contribution in [2.75, 3.05) is 16.7 Å². The Bertz CT molecular complexity index is 1070. The van der Waals surface area contributed by atoms with E-state index in [9.17, 15) is 18.5 Å². The quantitative estimate of drug-likeness (QED) is 0.483. The highest BCUT2D eigenvalue weighted by Crippen LogP contribution is 2.31. The maximum atomic E-state index is 12.7. The number of hydrogen-bond acceptors (Lipinski definition) is 6. The van der Waals surface area contributed by atoms with Crippen LogP contribution in [0, 0.1) is 10.1 Å².